The average molecular weight is 278 g/mol. The maximum absolute atomic E-state index is 6.03. The van der Waals surface area contributed by atoms with Gasteiger partial charge in [-0.1, -0.05) is 23.7 Å². The summed E-state index contributed by atoms with van der Waals surface area (Å²) in [6.45, 7) is 8.27. The van der Waals surface area contributed by atoms with Crippen LogP contribution < -0.4 is 5.32 Å². The lowest BCUT2D eigenvalue weighted by atomic mass is 10.0. The highest BCUT2D eigenvalue weighted by atomic mass is 35.5. The molecule has 0 amide bonds. The van der Waals surface area contributed by atoms with E-state index in [0.29, 0.717) is 0 Å². The van der Waals surface area contributed by atoms with Gasteiger partial charge in [0.1, 0.15) is 11.5 Å². The summed E-state index contributed by atoms with van der Waals surface area (Å²) in [6.07, 6.45) is 0. The largest absolute Gasteiger partial charge is 0.466 e. The molecule has 1 aromatic heterocycles. The van der Waals surface area contributed by atoms with Crippen LogP contribution in [0.3, 0.4) is 0 Å². The van der Waals surface area contributed by atoms with Crippen LogP contribution in [0, 0.1) is 13.8 Å². The van der Waals surface area contributed by atoms with Crippen molar-refractivity contribution in [2.45, 2.75) is 39.8 Å². The molecule has 0 saturated carbocycles. The van der Waals surface area contributed by atoms with Gasteiger partial charge in [-0.05, 0) is 51.5 Å². The van der Waals surface area contributed by atoms with Gasteiger partial charge in [0.25, 0.3) is 0 Å². The van der Waals surface area contributed by atoms with Crippen molar-refractivity contribution in [1.82, 2.24) is 5.32 Å². The van der Waals surface area contributed by atoms with Crippen molar-refractivity contribution in [2.24, 2.45) is 0 Å². The van der Waals surface area contributed by atoms with Gasteiger partial charge >= 0.3 is 0 Å². The van der Waals surface area contributed by atoms with E-state index in [9.17, 15) is 0 Å². The van der Waals surface area contributed by atoms with E-state index in [-0.39, 0.29) is 12.1 Å². The first-order valence-corrected chi connectivity index (χ1v) is 6.93. The van der Waals surface area contributed by atoms with Crippen molar-refractivity contribution < 1.29 is 4.42 Å². The Kier molecular flexibility index (Phi) is 4.33. The molecule has 19 heavy (non-hydrogen) atoms. The second-order valence-corrected chi connectivity index (χ2v) is 5.47. The summed E-state index contributed by atoms with van der Waals surface area (Å²) in [5, 5.41) is 4.35. The molecule has 0 bridgehead atoms. The van der Waals surface area contributed by atoms with Crippen LogP contribution in [0.4, 0.5) is 0 Å². The standard InChI is InChI=1S/C16H20ClNO/c1-10-8-16(13(4)19-10)12(3)18-11(2)14-6-5-7-15(17)9-14/h5-9,11-12,18H,1-4H3. The topological polar surface area (TPSA) is 25.2 Å². The molecule has 2 nitrogen and oxygen atoms in total. The lowest BCUT2D eigenvalue weighted by Crippen LogP contribution is -2.22. The minimum Gasteiger partial charge on any atom is -0.466 e. The van der Waals surface area contributed by atoms with E-state index < -0.39 is 0 Å². The van der Waals surface area contributed by atoms with Gasteiger partial charge in [-0.2, -0.15) is 0 Å². The summed E-state index contributed by atoms with van der Waals surface area (Å²) in [5.74, 6) is 1.94. The van der Waals surface area contributed by atoms with Gasteiger partial charge in [0, 0.05) is 22.7 Å². The van der Waals surface area contributed by atoms with Crippen LogP contribution in [0.15, 0.2) is 34.7 Å². The molecule has 0 radical (unpaired) electrons. The summed E-state index contributed by atoms with van der Waals surface area (Å²) in [4.78, 5) is 0. The number of halogens is 1. The SMILES string of the molecule is Cc1cc(C(C)NC(C)c2cccc(Cl)c2)c(C)o1. The number of furan rings is 1. The molecule has 0 spiro atoms. The number of nitrogens with one attached hydrogen (secondary N) is 1. The molecule has 1 N–H and O–H groups in total. The highest BCUT2D eigenvalue weighted by Gasteiger charge is 2.15. The molecule has 0 aliphatic carbocycles. The lowest BCUT2D eigenvalue weighted by molar-refractivity contribution is 0.469. The molecule has 2 rings (SSSR count). The monoisotopic (exact) mass is 277 g/mol. The Labute approximate surface area is 119 Å². The fourth-order valence-electron chi connectivity index (χ4n) is 2.42. The Bertz CT molecular complexity index is 562. The number of benzene rings is 1. The molecule has 1 heterocycles. The van der Waals surface area contributed by atoms with Crippen molar-refractivity contribution in [3.05, 3.63) is 58.0 Å². The molecule has 0 saturated heterocycles. The number of hydrogen-bond donors (Lipinski definition) is 1. The molecule has 0 aliphatic heterocycles. The third kappa shape index (κ3) is 3.40. The van der Waals surface area contributed by atoms with Crippen LogP contribution in [0.1, 0.15) is 48.6 Å². The zero-order chi connectivity index (χ0) is 14.0. The van der Waals surface area contributed by atoms with E-state index in [2.05, 4.69) is 31.3 Å². The third-order valence-electron chi connectivity index (χ3n) is 3.39. The van der Waals surface area contributed by atoms with E-state index >= 15 is 0 Å². The molecular weight excluding hydrogens is 258 g/mol. The minimum absolute atomic E-state index is 0.239. The Morgan fingerprint density at radius 3 is 2.42 bits per heavy atom. The first kappa shape index (κ1) is 14.2. The summed E-state index contributed by atoms with van der Waals surface area (Å²) in [7, 11) is 0. The second-order valence-electron chi connectivity index (χ2n) is 5.03. The predicted octanol–water partition coefficient (Wildman–Crippen LogP) is 4.96. The predicted molar refractivity (Wildman–Crippen MR) is 79.6 cm³/mol. The van der Waals surface area contributed by atoms with Crippen molar-refractivity contribution in [3.63, 3.8) is 0 Å². The molecule has 2 unspecified atom stereocenters. The summed E-state index contributed by atoms with van der Waals surface area (Å²) in [6, 6.07) is 10.5. The summed E-state index contributed by atoms with van der Waals surface area (Å²) < 4.78 is 5.58. The Hall–Kier alpha value is -1.25. The van der Waals surface area contributed by atoms with Crippen LogP contribution in [0.2, 0.25) is 5.02 Å². The van der Waals surface area contributed by atoms with Gasteiger partial charge in [-0.3, -0.25) is 0 Å². The van der Waals surface area contributed by atoms with Crippen molar-refractivity contribution in [1.29, 1.82) is 0 Å². The number of hydrogen-bond acceptors (Lipinski definition) is 2. The van der Waals surface area contributed by atoms with E-state index in [1.807, 2.05) is 32.0 Å². The van der Waals surface area contributed by atoms with Gasteiger partial charge in [-0.25, -0.2) is 0 Å². The minimum atomic E-state index is 0.239. The van der Waals surface area contributed by atoms with E-state index in [0.717, 1.165) is 16.5 Å². The number of rotatable bonds is 4. The average Bonchev–Trinajstić information content (AvgIpc) is 2.68. The zero-order valence-corrected chi connectivity index (χ0v) is 12.6. The first-order valence-electron chi connectivity index (χ1n) is 6.56. The van der Waals surface area contributed by atoms with Gasteiger partial charge in [0.15, 0.2) is 0 Å². The Morgan fingerprint density at radius 1 is 1.11 bits per heavy atom. The van der Waals surface area contributed by atoms with E-state index in [1.54, 1.807) is 0 Å². The maximum atomic E-state index is 6.03. The highest BCUT2D eigenvalue weighted by Crippen LogP contribution is 2.25. The smallest absolute Gasteiger partial charge is 0.105 e. The molecule has 0 aliphatic rings. The highest BCUT2D eigenvalue weighted by molar-refractivity contribution is 6.30. The molecular formula is C16H20ClNO. The van der Waals surface area contributed by atoms with Crippen LogP contribution in [0.5, 0.6) is 0 Å². The fraction of sp³-hybridized carbons (Fsp3) is 0.375. The second kappa shape index (κ2) is 5.81. The summed E-state index contributed by atoms with van der Waals surface area (Å²) in [5.41, 5.74) is 2.41. The van der Waals surface area contributed by atoms with Crippen LogP contribution >= 0.6 is 11.6 Å². The molecule has 1 aromatic carbocycles. The molecule has 102 valence electrons. The Morgan fingerprint density at radius 2 is 1.84 bits per heavy atom. The van der Waals surface area contributed by atoms with Crippen molar-refractivity contribution in [2.75, 3.05) is 0 Å². The van der Waals surface area contributed by atoms with Crippen LogP contribution in [-0.2, 0) is 0 Å². The fourth-order valence-corrected chi connectivity index (χ4v) is 2.62. The van der Waals surface area contributed by atoms with Gasteiger partial charge in [0.2, 0.25) is 0 Å². The Balaban J connectivity index is 2.10. The number of aryl methyl sites for hydroxylation is 2. The first-order chi connectivity index (χ1) is 8.97. The van der Waals surface area contributed by atoms with Gasteiger partial charge in [-0.15, -0.1) is 0 Å². The molecule has 2 atom stereocenters. The van der Waals surface area contributed by atoms with Crippen LogP contribution in [-0.4, -0.2) is 0 Å². The quantitative estimate of drug-likeness (QED) is 0.854. The zero-order valence-electron chi connectivity index (χ0n) is 11.8. The van der Waals surface area contributed by atoms with E-state index in [4.69, 9.17) is 16.0 Å². The third-order valence-corrected chi connectivity index (χ3v) is 3.63. The molecule has 0 fully saturated rings. The normalized spacial score (nSPS) is 14.4. The molecule has 2 aromatic rings. The molecule has 3 heteroatoms. The lowest BCUT2D eigenvalue weighted by Gasteiger charge is -2.20. The summed E-state index contributed by atoms with van der Waals surface area (Å²) >= 11 is 6.03. The van der Waals surface area contributed by atoms with Crippen LogP contribution in [0.25, 0.3) is 0 Å². The van der Waals surface area contributed by atoms with E-state index in [1.165, 1.54) is 11.1 Å². The van der Waals surface area contributed by atoms with Crippen molar-refractivity contribution >= 4 is 11.6 Å². The maximum Gasteiger partial charge on any atom is 0.105 e. The van der Waals surface area contributed by atoms with Crippen molar-refractivity contribution in [3.8, 4) is 0 Å². The van der Waals surface area contributed by atoms with Gasteiger partial charge < -0.3 is 9.73 Å². The van der Waals surface area contributed by atoms with Gasteiger partial charge in [0.05, 0.1) is 0 Å².